The fraction of sp³-hybridized carbons (Fsp3) is 0.0385. The van der Waals surface area contributed by atoms with Crippen molar-refractivity contribution in [1.82, 2.24) is 20.6 Å². The summed E-state index contributed by atoms with van der Waals surface area (Å²) in [4.78, 5) is 25.4. The van der Waals surface area contributed by atoms with E-state index in [2.05, 4.69) is 25.9 Å². The Bertz CT molecular complexity index is 1540. The van der Waals surface area contributed by atoms with Crippen molar-refractivity contribution in [1.29, 1.82) is 0 Å². The van der Waals surface area contributed by atoms with Crippen molar-refractivity contribution in [3.8, 4) is 17.3 Å². The molecule has 0 fully saturated rings. The number of amides is 1. The van der Waals surface area contributed by atoms with E-state index in [1.807, 2.05) is 42.5 Å². The molecule has 172 valence electrons. The van der Waals surface area contributed by atoms with Gasteiger partial charge >= 0.3 is 0 Å². The smallest absolute Gasteiger partial charge is 0.255 e. The number of hydrogen-bond donors (Lipinski definition) is 2. The topological polar surface area (TPSA) is 123 Å². The number of ether oxygens (including phenoxy) is 1. The normalized spacial score (nSPS) is 11.1. The number of benzene rings is 3. The highest BCUT2D eigenvalue weighted by atomic mass is 16.5. The highest BCUT2D eigenvalue weighted by Gasteiger charge is 2.15. The molecule has 0 saturated carbocycles. The van der Waals surface area contributed by atoms with Gasteiger partial charge in [-0.2, -0.15) is 5.21 Å². The Kier molecular flexibility index (Phi) is 6.12. The zero-order valence-electron chi connectivity index (χ0n) is 18.3. The molecule has 2 aromatic heterocycles. The van der Waals surface area contributed by atoms with Gasteiger partial charge in [0, 0.05) is 11.6 Å². The number of nitrogens with zero attached hydrogens (tertiary/aromatic N) is 3. The lowest BCUT2D eigenvalue weighted by atomic mass is 10.1. The number of para-hydroxylation sites is 1. The molecule has 9 nitrogen and oxygen atoms in total. The van der Waals surface area contributed by atoms with Gasteiger partial charge in [0.05, 0.1) is 11.1 Å². The summed E-state index contributed by atoms with van der Waals surface area (Å²) in [6.45, 7) is 0.401. The van der Waals surface area contributed by atoms with Crippen molar-refractivity contribution in [3.05, 3.63) is 106 Å². The predicted octanol–water partition coefficient (Wildman–Crippen LogP) is 4.32. The molecule has 0 saturated heterocycles. The van der Waals surface area contributed by atoms with Crippen LogP contribution < -0.4 is 15.5 Å². The monoisotopic (exact) mass is 465 g/mol. The van der Waals surface area contributed by atoms with E-state index >= 15 is 0 Å². The van der Waals surface area contributed by atoms with Crippen molar-refractivity contribution < 1.29 is 13.9 Å². The van der Waals surface area contributed by atoms with Crippen molar-refractivity contribution in [2.45, 2.75) is 0 Å². The molecule has 0 aliphatic rings. The number of aromatic amines is 1. The molecule has 5 rings (SSSR count). The highest BCUT2D eigenvalue weighted by Crippen LogP contribution is 2.26. The van der Waals surface area contributed by atoms with Gasteiger partial charge in [0.15, 0.2) is 16.8 Å². The fourth-order valence-corrected chi connectivity index (χ4v) is 3.44. The zero-order valence-corrected chi connectivity index (χ0v) is 18.3. The third-order valence-electron chi connectivity index (χ3n) is 5.14. The minimum atomic E-state index is -0.361. The summed E-state index contributed by atoms with van der Waals surface area (Å²) in [5, 5.41) is 16.6. The van der Waals surface area contributed by atoms with Gasteiger partial charge in [0.2, 0.25) is 5.82 Å². The Morgan fingerprint density at radius 2 is 1.86 bits per heavy atom. The molecule has 0 aliphatic heterocycles. The lowest BCUT2D eigenvalue weighted by Gasteiger charge is -2.09. The first kappa shape index (κ1) is 21.8. The van der Waals surface area contributed by atoms with E-state index in [1.165, 1.54) is 6.07 Å². The third kappa shape index (κ3) is 4.98. The standard InChI is InChI=1S/C26H19N5O4/c32-22-16-23(25-28-30-31-29-25)35-24-20(22)9-4-10-21(24)27-26(33)18-11-13-19(14-12-18)34-15-5-8-17-6-2-1-3-7-17/h1-14,16H,15H2,(H,27,33)(H,28,29,30,31). The SMILES string of the molecule is O=C(Nc1cccc2c(=O)cc(-c3nn[nH]n3)oc12)c1ccc(OCC=Cc2ccccc2)cc1. The minimum Gasteiger partial charge on any atom is -0.490 e. The second kappa shape index (κ2) is 9.84. The Balaban J connectivity index is 1.29. The van der Waals surface area contributed by atoms with Crippen LogP contribution in [0, 0.1) is 0 Å². The van der Waals surface area contributed by atoms with Crippen molar-refractivity contribution in [2.75, 3.05) is 11.9 Å². The van der Waals surface area contributed by atoms with Gasteiger partial charge in [0.1, 0.15) is 12.4 Å². The molecule has 0 unspecified atom stereocenters. The van der Waals surface area contributed by atoms with Crippen LogP contribution in [0.3, 0.4) is 0 Å². The van der Waals surface area contributed by atoms with Gasteiger partial charge in [-0.25, -0.2) is 0 Å². The van der Waals surface area contributed by atoms with Crippen molar-refractivity contribution in [3.63, 3.8) is 0 Å². The molecular weight excluding hydrogens is 446 g/mol. The van der Waals surface area contributed by atoms with Gasteiger partial charge < -0.3 is 14.5 Å². The second-order valence-electron chi connectivity index (χ2n) is 7.50. The molecule has 0 radical (unpaired) electrons. The number of aromatic nitrogens is 4. The molecule has 2 heterocycles. The van der Waals surface area contributed by atoms with E-state index in [0.717, 1.165) is 5.56 Å². The Labute approximate surface area is 199 Å². The first-order chi connectivity index (χ1) is 17.2. The van der Waals surface area contributed by atoms with Crippen LogP contribution in [0.4, 0.5) is 5.69 Å². The molecule has 0 spiro atoms. The van der Waals surface area contributed by atoms with E-state index in [-0.39, 0.29) is 28.5 Å². The molecule has 1 amide bonds. The second-order valence-corrected chi connectivity index (χ2v) is 7.50. The van der Waals surface area contributed by atoms with Gasteiger partial charge in [0.25, 0.3) is 5.91 Å². The van der Waals surface area contributed by atoms with E-state index in [1.54, 1.807) is 42.5 Å². The van der Waals surface area contributed by atoms with Crippen molar-refractivity contribution >= 4 is 28.6 Å². The van der Waals surface area contributed by atoms with Crippen LogP contribution in [-0.4, -0.2) is 33.1 Å². The van der Waals surface area contributed by atoms with Gasteiger partial charge in [-0.3, -0.25) is 9.59 Å². The largest absolute Gasteiger partial charge is 0.490 e. The van der Waals surface area contributed by atoms with E-state index in [4.69, 9.17) is 9.15 Å². The minimum absolute atomic E-state index is 0.138. The predicted molar refractivity (Wildman–Crippen MR) is 131 cm³/mol. The Morgan fingerprint density at radius 1 is 1.03 bits per heavy atom. The lowest BCUT2D eigenvalue weighted by Crippen LogP contribution is -2.13. The zero-order chi connectivity index (χ0) is 24.0. The number of carbonyl (C=O) groups is 1. The number of nitrogens with one attached hydrogen (secondary N) is 2. The molecule has 9 heteroatoms. The van der Waals surface area contributed by atoms with Crippen LogP contribution in [0.5, 0.6) is 5.75 Å². The van der Waals surface area contributed by atoms with Crippen LogP contribution in [0.2, 0.25) is 0 Å². The molecule has 3 aromatic carbocycles. The average Bonchev–Trinajstić information content (AvgIpc) is 3.43. The molecule has 2 N–H and O–H groups in total. The maximum Gasteiger partial charge on any atom is 0.255 e. The van der Waals surface area contributed by atoms with Crippen LogP contribution in [0.15, 0.2) is 94.2 Å². The van der Waals surface area contributed by atoms with E-state index in [0.29, 0.717) is 29.0 Å². The third-order valence-corrected chi connectivity index (χ3v) is 5.14. The van der Waals surface area contributed by atoms with Gasteiger partial charge in [-0.1, -0.05) is 42.5 Å². The first-order valence-electron chi connectivity index (χ1n) is 10.7. The van der Waals surface area contributed by atoms with E-state index < -0.39 is 0 Å². The van der Waals surface area contributed by atoms with Gasteiger partial charge in [-0.05, 0) is 53.3 Å². The summed E-state index contributed by atoms with van der Waals surface area (Å²) < 4.78 is 11.5. The number of carbonyl (C=O) groups excluding carboxylic acids is 1. The van der Waals surface area contributed by atoms with Crippen LogP contribution in [0.1, 0.15) is 15.9 Å². The molecule has 0 bridgehead atoms. The summed E-state index contributed by atoms with van der Waals surface area (Å²) in [7, 11) is 0. The van der Waals surface area contributed by atoms with Crippen LogP contribution >= 0.6 is 0 Å². The number of anilines is 1. The summed E-state index contributed by atoms with van der Waals surface area (Å²) in [6, 6.07) is 22.9. The number of hydrogen-bond acceptors (Lipinski definition) is 7. The number of H-pyrrole nitrogens is 1. The lowest BCUT2D eigenvalue weighted by molar-refractivity contribution is 0.102. The maximum atomic E-state index is 12.9. The Morgan fingerprint density at radius 3 is 2.63 bits per heavy atom. The first-order valence-corrected chi connectivity index (χ1v) is 10.7. The fourth-order valence-electron chi connectivity index (χ4n) is 3.44. The van der Waals surface area contributed by atoms with Crippen molar-refractivity contribution in [2.24, 2.45) is 0 Å². The summed E-state index contributed by atoms with van der Waals surface area (Å²) in [6.07, 6.45) is 3.90. The summed E-state index contributed by atoms with van der Waals surface area (Å²) in [5.74, 6) is 0.556. The average molecular weight is 465 g/mol. The summed E-state index contributed by atoms with van der Waals surface area (Å²) in [5.41, 5.74) is 1.80. The molecule has 0 aliphatic carbocycles. The maximum absolute atomic E-state index is 12.9. The number of tetrazole rings is 1. The van der Waals surface area contributed by atoms with Gasteiger partial charge in [-0.15, -0.1) is 10.2 Å². The number of rotatable bonds is 7. The van der Waals surface area contributed by atoms with E-state index in [9.17, 15) is 9.59 Å². The number of fused-ring (bicyclic) bond motifs is 1. The van der Waals surface area contributed by atoms with Crippen LogP contribution in [-0.2, 0) is 0 Å². The quantitative estimate of drug-likeness (QED) is 0.367. The van der Waals surface area contributed by atoms with Crippen LogP contribution in [0.25, 0.3) is 28.6 Å². The molecule has 0 atom stereocenters. The molecule has 35 heavy (non-hydrogen) atoms. The molecular formula is C26H19N5O4. The molecule has 5 aromatic rings. The Hall–Kier alpha value is -5.05. The summed E-state index contributed by atoms with van der Waals surface area (Å²) >= 11 is 0. The highest BCUT2D eigenvalue weighted by molar-refractivity contribution is 6.08.